The molecule has 3 aromatic rings. The minimum atomic E-state index is -1.04. The summed E-state index contributed by atoms with van der Waals surface area (Å²) < 4.78 is 5.65. The molecule has 0 heterocycles. The molecule has 2 aliphatic rings. The van der Waals surface area contributed by atoms with Crippen molar-refractivity contribution >= 4 is 12.1 Å². The van der Waals surface area contributed by atoms with Gasteiger partial charge < -0.3 is 9.84 Å². The molecular weight excluding hydrogens is 414 g/mol. The van der Waals surface area contributed by atoms with E-state index in [0.717, 1.165) is 27.8 Å². The zero-order chi connectivity index (χ0) is 22.9. The molecule has 33 heavy (non-hydrogen) atoms. The number of nitrogens with zero attached hydrogens (tertiary/aromatic N) is 1. The summed E-state index contributed by atoms with van der Waals surface area (Å²) in [6.07, 6.45) is 2.06. The van der Waals surface area contributed by atoms with Crippen molar-refractivity contribution in [3.05, 3.63) is 95.1 Å². The van der Waals surface area contributed by atoms with Gasteiger partial charge in [0, 0.05) is 19.4 Å². The molecule has 168 valence electrons. The number of amides is 1. The SMILES string of the molecule is CN(C(=O)OCC1c2ccccc2-c2ccccc21)C(Cc1ccc(C2CC2)cc1)C(=O)O. The van der Waals surface area contributed by atoms with Crippen LogP contribution in [0.5, 0.6) is 0 Å². The highest BCUT2D eigenvalue weighted by molar-refractivity contribution is 5.81. The third-order valence-corrected chi connectivity index (χ3v) is 6.83. The molecule has 0 radical (unpaired) electrons. The molecule has 0 aromatic heterocycles. The van der Waals surface area contributed by atoms with E-state index in [2.05, 4.69) is 36.4 Å². The average Bonchev–Trinajstić information content (AvgIpc) is 3.64. The molecule has 1 fully saturated rings. The van der Waals surface area contributed by atoms with Gasteiger partial charge in [0.2, 0.25) is 0 Å². The largest absolute Gasteiger partial charge is 0.480 e. The quantitative estimate of drug-likeness (QED) is 0.530. The Balaban J connectivity index is 1.27. The second-order valence-electron chi connectivity index (χ2n) is 8.99. The maximum absolute atomic E-state index is 12.9. The summed E-state index contributed by atoms with van der Waals surface area (Å²) >= 11 is 0. The fourth-order valence-corrected chi connectivity index (χ4v) is 4.78. The van der Waals surface area contributed by atoms with Gasteiger partial charge in [0.25, 0.3) is 0 Å². The summed E-state index contributed by atoms with van der Waals surface area (Å²) in [5.41, 5.74) is 6.75. The van der Waals surface area contributed by atoms with E-state index < -0.39 is 18.1 Å². The predicted molar refractivity (Wildman–Crippen MR) is 126 cm³/mol. The number of aliphatic carboxylic acids is 1. The first-order valence-electron chi connectivity index (χ1n) is 11.4. The first kappa shape index (κ1) is 21.3. The van der Waals surface area contributed by atoms with E-state index in [1.54, 1.807) is 0 Å². The van der Waals surface area contributed by atoms with E-state index >= 15 is 0 Å². The maximum Gasteiger partial charge on any atom is 0.410 e. The number of ether oxygens (including phenoxy) is 1. The summed E-state index contributed by atoms with van der Waals surface area (Å²) in [5.74, 6) is -0.455. The van der Waals surface area contributed by atoms with Crippen molar-refractivity contribution < 1.29 is 19.4 Å². The van der Waals surface area contributed by atoms with Crippen LogP contribution < -0.4 is 0 Å². The number of carbonyl (C=O) groups is 2. The topological polar surface area (TPSA) is 66.8 Å². The molecule has 5 heteroatoms. The number of carbonyl (C=O) groups excluding carboxylic acids is 1. The lowest BCUT2D eigenvalue weighted by Crippen LogP contribution is -2.44. The Hall–Kier alpha value is -3.60. The van der Waals surface area contributed by atoms with Crippen molar-refractivity contribution in [1.29, 1.82) is 0 Å². The lowest BCUT2D eigenvalue weighted by molar-refractivity contribution is -0.142. The maximum atomic E-state index is 12.9. The van der Waals surface area contributed by atoms with Crippen LogP contribution in [-0.2, 0) is 16.0 Å². The molecule has 0 spiro atoms. The highest BCUT2D eigenvalue weighted by atomic mass is 16.6. The Kier molecular flexibility index (Phi) is 5.63. The van der Waals surface area contributed by atoms with Gasteiger partial charge in [0.1, 0.15) is 12.6 Å². The molecule has 5 rings (SSSR count). The van der Waals surface area contributed by atoms with Crippen molar-refractivity contribution in [2.24, 2.45) is 0 Å². The summed E-state index contributed by atoms with van der Waals surface area (Å²) in [4.78, 5) is 26.0. The molecule has 1 atom stereocenters. The van der Waals surface area contributed by atoms with Gasteiger partial charge in [0.05, 0.1) is 0 Å². The van der Waals surface area contributed by atoms with E-state index in [4.69, 9.17) is 4.74 Å². The van der Waals surface area contributed by atoms with Crippen LogP contribution in [0.4, 0.5) is 4.79 Å². The summed E-state index contributed by atoms with van der Waals surface area (Å²) in [7, 11) is 1.50. The van der Waals surface area contributed by atoms with Gasteiger partial charge in [-0.2, -0.15) is 0 Å². The predicted octanol–water partition coefficient (Wildman–Crippen LogP) is 5.44. The fourth-order valence-electron chi connectivity index (χ4n) is 4.78. The molecule has 1 amide bonds. The van der Waals surface area contributed by atoms with Crippen LogP contribution >= 0.6 is 0 Å². The van der Waals surface area contributed by atoms with Crippen LogP contribution in [0.1, 0.15) is 46.9 Å². The Morgan fingerprint density at radius 1 is 0.939 bits per heavy atom. The Morgan fingerprint density at radius 2 is 1.52 bits per heavy atom. The summed E-state index contributed by atoms with van der Waals surface area (Å²) in [5, 5.41) is 9.80. The normalized spacial score (nSPS) is 15.4. The van der Waals surface area contributed by atoms with Crippen molar-refractivity contribution in [2.75, 3.05) is 13.7 Å². The van der Waals surface area contributed by atoms with Gasteiger partial charge in [-0.1, -0.05) is 72.8 Å². The van der Waals surface area contributed by atoms with Crippen LogP contribution in [0.2, 0.25) is 0 Å². The number of benzene rings is 3. The summed E-state index contributed by atoms with van der Waals surface area (Å²) in [6, 6.07) is 23.3. The van der Waals surface area contributed by atoms with Crippen molar-refractivity contribution in [1.82, 2.24) is 4.90 Å². The average molecular weight is 442 g/mol. The number of hydrogen-bond acceptors (Lipinski definition) is 3. The van der Waals surface area contributed by atoms with Gasteiger partial charge in [-0.05, 0) is 52.1 Å². The molecular formula is C28H27NO4. The van der Waals surface area contributed by atoms with Crippen molar-refractivity contribution in [3.63, 3.8) is 0 Å². The molecule has 5 nitrogen and oxygen atoms in total. The van der Waals surface area contributed by atoms with Crippen molar-refractivity contribution in [3.8, 4) is 11.1 Å². The van der Waals surface area contributed by atoms with Gasteiger partial charge >= 0.3 is 12.1 Å². The van der Waals surface area contributed by atoms with E-state index in [-0.39, 0.29) is 18.9 Å². The number of carboxylic acid groups (broad SMARTS) is 1. The van der Waals surface area contributed by atoms with Gasteiger partial charge in [-0.25, -0.2) is 9.59 Å². The smallest absolute Gasteiger partial charge is 0.410 e. The number of likely N-dealkylation sites (N-methyl/N-ethyl adjacent to an activating group) is 1. The molecule has 2 aliphatic carbocycles. The Morgan fingerprint density at radius 3 is 2.06 bits per heavy atom. The van der Waals surface area contributed by atoms with Crippen LogP contribution in [-0.4, -0.2) is 41.8 Å². The van der Waals surface area contributed by atoms with Crippen molar-refractivity contribution in [2.45, 2.75) is 37.1 Å². The third kappa shape index (κ3) is 4.23. The zero-order valence-electron chi connectivity index (χ0n) is 18.6. The van der Waals surface area contributed by atoms with Gasteiger partial charge in [-0.3, -0.25) is 4.90 Å². The van der Waals surface area contributed by atoms with E-state index in [9.17, 15) is 14.7 Å². The Labute approximate surface area is 193 Å². The molecule has 3 aromatic carbocycles. The lowest BCUT2D eigenvalue weighted by Gasteiger charge is -2.25. The van der Waals surface area contributed by atoms with Gasteiger partial charge in [0.15, 0.2) is 0 Å². The number of carboxylic acids is 1. The van der Waals surface area contributed by atoms with Crippen LogP contribution in [0.25, 0.3) is 11.1 Å². The minimum absolute atomic E-state index is 0.0620. The number of rotatable bonds is 7. The molecule has 0 bridgehead atoms. The van der Waals surface area contributed by atoms with Crippen LogP contribution in [0.15, 0.2) is 72.8 Å². The highest BCUT2D eigenvalue weighted by Crippen LogP contribution is 2.44. The van der Waals surface area contributed by atoms with Crippen LogP contribution in [0, 0.1) is 0 Å². The third-order valence-electron chi connectivity index (χ3n) is 6.83. The highest BCUT2D eigenvalue weighted by Gasteiger charge is 2.32. The first-order chi connectivity index (χ1) is 16.0. The van der Waals surface area contributed by atoms with E-state index in [1.807, 2.05) is 36.4 Å². The monoisotopic (exact) mass is 441 g/mol. The molecule has 1 N–H and O–H groups in total. The second-order valence-corrected chi connectivity index (χ2v) is 8.99. The second kappa shape index (κ2) is 8.74. The molecule has 0 aliphatic heterocycles. The minimum Gasteiger partial charge on any atom is -0.480 e. The van der Waals surface area contributed by atoms with E-state index in [0.29, 0.717) is 5.92 Å². The fraction of sp³-hybridized carbons (Fsp3) is 0.286. The molecule has 1 unspecified atom stereocenters. The van der Waals surface area contributed by atoms with Crippen LogP contribution in [0.3, 0.4) is 0 Å². The molecule has 1 saturated carbocycles. The zero-order valence-corrected chi connectivity index (χ0v) is 18.6. The first-order valence-corrected chi connectivity index (χ1v) is 11.4. The number of hydrogen-bond donors (Lipinski definition) is 1. The number of fused-ring (bicyclic) bond motifs is 3. The van der Waals surface area contributed by atoms with Gasteiger partial charge in [-0.15, -0.1) is 0 Å². The molecule has 0 saturated heterocycles. The lowest BCUT2D eigenvalue weighted by atomic mass is 9.98. The Bertz CT molecular complexity index is 1140. The standard InChI is InChI=1S/C28H27NO4/c1-29(26(27(30)31)16-18-10-12-19(13-11-18)20-14-15-20)28(32)33-17-25-23-8-4-2-6-21(23)22-7-3-5-9-24(22)25/h2-13,20,25-26H,14-17H2,1H3,(H,30,31). The summed E-state index contributed by atoms with van der Waals surface area (Å²) in [6.45, 7) is 0.166. The van der Waals surface area contributed by atoms with E-state index in [1.165, 1.54) is 30.4 Å².